The summed E-state index contributed by atoms with van der Waals surface area (Å²) >= 11 is 0. The smallest absolute Gasteiger partial charge is 0.266 e. The highest BCUT2D eigenvalue weighted by Crippen LogP contribution is 2.37. The van der Waals surface area contributed by atoms with Crippen LogP contribution in [0.5, 0.6) is 0 Å². The Bertz CT molecular complexity index is 1180. The highest BCUT2D eigenvalue weighted by molar-refractivity contribution is 6.02. The molecule has 2 aliphatic heterocycles. The molecule has 0 bridgehead atoms. The average Bonchev–Trinajstić information content (AvgIpc) is 3.44. The van der Waals surface area contributed by atoms with E-state index in [9.17, 15) is 4.79 Å². The molecule has 0 radical (unpaired) electrons. The number of aryl methyl sites for hydroxylation is 1. The molecule has 1 amide bonds. The van der Waals surface area contributed by atoms with Gasteiger partial charge >= 0.3 is 0 Å². The summed E-state index contributed by atoms with van der Waals surface area (Å²) in [5, 5.41) is 14.3. The minimum atomic E-state index is -1.98. The molecule has 1 unspecified atom stereocenters. The largest absolute Gasteiger partial charge is 0.309 e. The molecule has 1 saturated heterocycles. The van der Waals surface area contributed by atoms with Gasteiger partial charge in [0.2, 0.25) is 5.67 Å². The van der Waals surface area contributed by atoms with Crippen LogP contribution in [0.2, 0.25) is 0 Å². The zero-order valence-corrected chi connectivity index (χ0v) is 16.1. The molecule has 1 aromatic heterocycles. The molecule has 0 saturated carbocycles. The first-order chi connectivity index (χ1) is 14.0. The topological polar surface area (TPSA) is 65.2 Å². The Morgan fingerprint density at radius 2 is 2.00 bits per heavy atom. The number of amides is 1. The Labute approximate surface area is 167 Å². The fourth-order valence-corrected chi connectivity index (χ4v) is 4.41. The second-order valence-corrected chi connectivity index (χ2v) is 7.83. The van der Waals surface area contributed by atoms with Crippen molar-refractivity contribution in [2.45, 2.75) is 18.5 Å². The van der Waals surface area contributed by atoms with Crippen molar-refractivity contribution in [1.82, 2.24) is 14.7 Å². The lowest BCUT2D eigenvalue weighted by molar-refractivity contribution is -0.129. The van der Waals surface area contributed by atoms with Crippen molar-refractivity contribution in [1.29, 1.82) is 5.26 Å². The molecule has 7 heteroatoms. The van der Waals surface area contributed by atoms with Crippen LogP contribution in [0.25, 0.3) is 22.0 Å². The molecule has 1 atom stereocenters. The zero-order chi connectivity index (χ0) is 20.2. The number of nitrogens with zero attached hydrogens (tertiary/aromatic N) is 5. The van der Waals surface area contributed by atoms with Gasteiger partial charge in [-0.3, -0.25) is 9.48 Å². The second-order valence-electron chi connectivity index (χ2n) is 7.83. The first-order valence-corrected chi connectivity index (χ1v) is 9.69. The number of aromatic nitrogens is 2. The van der Waals surface area contributed by atoms with Crippen molar-refractivity contribution in [2.24, 2.45) is 7.05 Å². The van der Waals surface area contributed by atoms with Crippen molar-refractivity contribution in [2.75, 3.05) is 24.5 Å². The molecule has 0 aliphatic carbocycles. The summed E-state index contributed by atoms with van der Waals surface area (Å²) in [6, 6.07) is 12.2. The maximum absolute atomic E-state index is 15.2. The summed E-state index contributed by atoms with van der Waals surface area (Å²) in [6.45, 7) is 0.601. The number of hydrogen-bond donors (Lipinski definition) is 0. The maximum Gasteiger partial charge on any atom is 0.266 e. The number of nitriles is 1. The van der Waals surface area contributed by atoms with Crippen LogP contribution in [0.3, 0.4) is 0 Å². The SMILES string of the molecule is Cn1ncc2cc(-c3ccc4c(c3)CCN4C(=O)C3(F)CCN(C#N)C3)ccc21. The van der Waals surface area contributed by atoms with Crippen LogP contribution in [0, 0.1) is 11.5 Å². The van der Waals surface area contributed by atoms with Crippen LogP contribution in [-0.2, 0) is 18.3 Å². The van der Waals surface area contributed by atoms with E-state index in [-0.39, 0.29) is 19.5 Å². The van der Waals surface area contributed by atoms with E-state index < -0.39 is 11.6 Å². The van der Waals surface area contributed by atoms with E-state index in [1.165, 1.54) is 4.90 Å². The van der Waals surface area contributed by atoms with Crippen molar-refractivity contribution in [3.63, 3.8) is 0 Å². The number of fused-ring (bicyclic) bond motifs is 2. The van der Waals surface area contributed by atoms with Gasteiger partial charge in [0.25, 0.3) is 5.91 Å². The zero-order valence-electron chi connectivity index (χ0n) is 16.1. The molecular formula is C22H20FN5O. The third kappa shape index (κ3) is 2.75. The lowest BCUT2D eigenvalue weighted by Gasteiger charge is -2.25. The molecule has 2 aromatic carbocycles. The van der Waals surface area contributed by atoms with E-state index in [1.54, 1.807) is 4.90 Å². The van der Waals surface area contributed by atoms with Crippen molar-refractivity contribution >= 4 is 22.5 Å². The van der Waals surface area contributed by atoms with Crippen LogP contribution in [0.4, 0.5) is 10.1 Å². The lowest BCUT2D eigenvalue weighted by atomic mass is 10.00. The van der Waals surface area contributed by atoms with Gasteiger partial charge in [-0.05, 0) is 47.4 Å². The van der Waals surface area contributed by atoms with E-state index in [0.29, 0.717) is 13.0 Å². The monoisotopic (exact) mass is 389 g/mol. The standard InChI is InChI=1S/C22H20FN5O/c1-26-19-4-2-16(11-18(19)12-25-26)15-3-5-20-17(10-15)6-8-28(20)21(29)22(23)7-9-27(13-22)14-24/h2-5,10-12H,6-9,13H2,1H3. The molecule has 0 N–H and O–H groups in total. The number of hydrogen-bond acceptors (Lipinski definition) is 4. The summed E-state index contributed by atoms with van der Waals surface area (Å²) < 4.78 is 17.0. The number of likely N-dealkylation sites (tertiary alicyclic amines) is 1. The van der Waals surface area contributed by atoms with Crippen LogP contribution >= 0.6 is 0 Å². The van der Waals surface area contributed by atoms with Crippen LogP contribution in [-0.4, -0.2) is 45.9 Å². The number of benzene rings is 2. The van der Waals surface area contributed by atoms with Gasteiger partial charge in [-0.1, -0.05) is 12.1 Å². The number of anilines is 1. The molecule has 6 nitrogen and oxygen atoms in total. The molecule has 3 heterocycles. The average molecular weight is 389 g/mol. The molecule has 1 fully saturated rings. The summed E-state index contributed by atoms with van der Waals surface area (Å²) in [4.78, 5) is 15.8. The predicted octanol–water partition coefficient (Wildman–Crippen LogP) is 3.02. The van der Waals surface area contributed by atoms with Gasteiger partial charge in [-0.15, -0.1) is 0 Å². The van der Waals surface area contributed by atoms with Gasteiger partial charge in [0, 0.05) is 37.6 Å². The van der Waals surface area contributed by atoms with Gasteiger partial charge in [-0.2, -0.15) is 10.4 Å². The number of halogens is 1. The predicted molar refractivity (Wildman–Crippen MR) is 108 cm³/mol. The molecule has 146 valence electrons. The third-order valence-corrected chi connectivity index (χ3v) is 6.04. The van der Waals surface area contributed by atoms with Gasteiger partial charge in [-0.25, -0.2) is 4.39 Å². The van der Waals surface area contributed by atoms with E-state index in [2.05, 4.69) is 29.4 Å². The Morgan fingerprint density at radius 1 is 1.21 bits per heavy atom. The van der Waals surface area contributed by atoms with Gasteiger partial charge < -0.3 is 9.80 Å². The Hall–Kier alpha value is -3.40. The molecule has 0 spiro atoms. The van der Waals surface area contributed by atoms with E-state index in [4.69, 9.17) is 5.26 Å². The number of carbonyl (C=O) groups is 1. The number of rotatable bonds is 2. The highest BCUT2D eigenvalue weighted by atomic mass is 19.1. The van der Waals surface area contributed by atoms with Crippen molar-refractivity contribution < 1.29 is 9.18 Å². The van der Waals surface area contributed by atoms with Gasteiger partial charge in [0.15, 0.2) is 6.19 Å². The Balaban J connectivity index is 1.44. The maximum atomic E-state index is 15.2. The molecule has 5 rings (SSSR count). The molecule has 29 heavy (non-hydrogen) atoms. The minimum Gasteiger partial charge on any atom is -0.309 e. The van der Waals surface area contributed by atoms with Crippen LogP contribution in [0.1, 0.15) is 12.0 Å². The number of alkyl halides is 1. The molecule has 2 aliphatic rings. The quantitative estimate of drug-likeness (QED) is 0.632. The normalized spacial score (nSPS) is 20.9. The summed E-state index contributed by atoms with van der Waals surface area (Å²) in [5.74, 6) is -0.529. The van der Waals surface area contributed by atoms with E-state index >= 15 is 4.39 Å². The fourth-order valence-electron chi connectivity index (χ4n) is 4.41. The Kier molecular flexibility index (Phi) is 3.85. The first kappa shape index (κ1) is 17.7. The summed E-state index contributed by atoms with van der Waals surface area (Å²) in [6.07, 6.45) is 4.55. The number of carbonyl (C=O) groups excluding carboxylic acids is 1. The summed E-state index contributed by atoms with van der Waals surface area (Å²) in [7, 11) is 1.92. The first-order valence-electron chi connectivity index (χ1n) is 9.69. The second kappa shape index (κ2) is 6.31. The van der Waals surface area contributed by atoms with Crippen molar-refractivity contribution in [3.8, 4) is 17.3 Å². The van der Waals surface area contributed by atoms with Crippen molar-refractivity contribution in [3.05, 3.63) is 48.2 Å². The highest BCUT2D eigenvalue weighted by Gasteiger charge is 2.48. The van der Waals surface area contributed by atoms with E-state index in [1.807, 2.05) is 36.3 Å². The van der Waals surface area contributed by atoms with E-state index in [0.717, 1.165) is 33.3 Å². The molecule has 3 aromatic rings. The summed E-state index contributed by atoms with van der Waals surface area (Å²) in [5.41, 5.74) is 3.05. The molecular weight excluding hydrogens is 369 g/mol. The minimum absolute atomic E-state index is 0.0639. The van der Waals surface area contributed by atoms with Crippen LogP contribution in [0.15, 0.2) is 42.6 Å². The Morgan fingerprint density at radius 3 is 2.79 bits per heavy atom. The third-order valence-electron chi connectivity index (χ3n) is 6.04. The van der Waals surface area contributed by atoms with Gasteiger partial charge in [0.1, 0.15) is 0 Å². The lowest BCUT2D eigenvalue weighted by Crippen LogP contribution is -2.47. The fraction of sp³-hybridized carbons (Fsp3) is 0.318. The van der Waals surface area contributed by atoms with Crippen LogP contribution < -0.4 is 4.90 Å². The van der Waals surface area contributed by atoms with Gasteiger partial charge in [0.05, 0.1) is 18.3 Å².